The van der Waals surface area contributed by atoms with Gasteiger partial charge in [-0.3, -0.25) is 4.79 Å². The van der Waals surface area contributed by atoms with Gasteiger partial charge in [-0.25, -0.2) is 8.78 Å². The zero-order valence-corrected chi connectivity index (χ0v) is 22.9. The third kappa shape index (κ3) is 5.15. The Morgan fingerprint density at radius 3 is 2.60 bits per heavy atom. The van der Waals surface area contributed by atoms with E-state index >= 15 is 0 Å². The van der Waals surface area contributed by atoms with Crippen LogP contribution in [0.5, 0.6) is 0 Å². The largest absolute Gasteiger partial charge is 0.416 e. The number of hydrogen-bond donors (Lipinski definition) is 1. The predicted octanol–water partition coefficient (Wildman–Crippen LogP) is 5.69. The van der Waals surface area contributed by atoms with Crippen molar-refractivity contribution < 1.29 is 26.7 Å². The van der Waals surface area contributed by atoms with E-state index in [0.717, 1.165) is 17.5 Å². The SMILES string of the molecule is Cn1cnnc1C[C@]1(c2cccc(N3Cc4c(cc(CN[C@H]5CCC(F)(F)C5)cc4C(F)(F)F)C3=O)c2)C[C@H](C#N)C1. The molecule has 0 saturated heterocycles. The Kier molecular flexibility index (Phi) is 6.84. The summed E-state index contributed by atoms with van der Waals surface area (Å²) in [6.45, 7) is -0.295. The summed E-state index contributed by atoms with van der Waals surface area (Å²) in [6, 6.07) is 11.5. The number of nitriles is 1. The molecule has 12 heteroatoms. The highest BCUT2D eigenvalue weighted by molar-refractivity contribution is 6.10. The van der Waals surface area contributed by atoms with E-state index in [0.29, 0.717) is 24.9 Å². The fourth-order valence-corrected chi connectivity index (χ4v) is 6.65. The van der Waals surface area contributed by atoms with Crippen LogP contribution in [-0.2, 0) is 38.1 Å². The summed E-state index contributed by atoms with van der Waals surface area (Å²) in [5.41, 5.74) is 0.122. The molecular weight excluding hydrogens is 555 g/mol. The zero-order chi connectivity index (χ0) is 29.9. The number of nitrogens with one attached hydrogen (secondary N) is 1. The number of rotatable bonds is 7. The lowest BCUT2D eigenvalue weighted by Gasteiger charge is -2.45. The molecule has 0 unspecified atom stereocenters. The van der Waals surface area contributed by atoms with Crippen LogP contribution in [0, 0.1) is 17.2 Å². The van der Waals surface area contributed by atoms with E-state index < -0.39 is 35.0 Å². The Labute approximate surface area is 239 Å². The summed E-state index contributed by atoms with van der Waals surface area (Å²) in [6.07, 6.45) is -1.76. The van der Waals surface area contributed by atoms with Crippen molar-refractivity contribution in [2.24, 2.45) is 13.0 Å². The maximum absolute atomic E-state index is 14.2. The summed E-state index contributed by atoms with van der Waals surface area (Å²) >= 11 is 0. The standard InChI is InChI=1S/C30H29F5N6O/c1-40-17-38-39-26(40)13-28(10-19(11-28)14-36)20-3-2-4-22(9-20)41-16-24-23(27(41)42)7-18(8-25(24)30(33,34)35)15-37-21-5-6-29(31,32)12-21/h2-4,7-9,17,19,21,37H,5-6,10-13,15-16H2,1H3/t19-,21-,28-/m0/s1. The molecule has 1 aromatic heterocycles. The summed E-state index contributed by atoms with van der Waals surface area (Å²) in [5, 5.41) is 20.6. The van der Waals surface area contributed by atoms with Crippen molar-refractivity contribution in [1.82, 2.24) is 20.1 Å². The molecule has 6 rings (SSSR count). The molecule has 2 fully saturated rings. The second-order valence-corrected chi connectivity index (χ2v) is 11.8. The Hall–Kier alpha value is -3.85. The van der Waals surface area contributed by atoms with Gasteiger partial charge in [-0.2, -0.15) is 18.4 Å². The number of carbonyl (C=O) groups excluding carboxylic acids is 1. The number of nitrogens with zero attached hydrogens (tertiary/aromatic N) is 5. The highest BCUT2D eigenvalue weighted by Gasteiger charge is 2.47. The fourth-order valence-electron chi connectivity index (χ4n) is 6.65. The van der Waals surface area contributed by atoms with Crippen molar-refractivity contribution in [2.45, 2.75) is 75.2 Å². The first kappa shape index (κ1) is 28.3. The smallest absolute Gasteiger partial charge is 0.321 e. The molecule has 2 heterocycles. The molecule has 0 spiro atoms. The first-order valence-corrected chi connectivity index (χ1v) is 13.9. The van der Waals surface area contributed by atoms with Gasteiger partial charge >= 0.3 is 6.18 Å². The van der Waals surface area contributed by atoms with Crippen molar-refractivity contribution in [3.63, 3.8) is 0 Å². The number of halogens is 5. The minimum Gasteiger partial charge on any atom is -0.321 e. The van der Waals surface area contributed by atoms with Gasteiger partial charge in [0, 0.05) is 61.5 Å². The van der Waals surface area contributed by atoms with Gasteiger partial charge in [0.2, 0.25) is 5.92 Å². The minimum absolute atomic E-state index is 0.0363. The topological polar surface area (TPSA) is 86.8 Å². The van der Waals surface area contributed by atoms with Crippen molar-refractivity contribution in [1.29, 1.82) is 5.26 Å². The second-order valence-electron chi connectivity index (χ2n) is 11.8. The molecule has 2 aromatic carbocycles. The van der Waals surface area contributed by atoms with Crippen LogP contribution in [0.3, 0.4) is 0 Å². The Morgan fingerprint density at radius 2 is 1.95 bits per heavy atom. The van der Waals surface area contributed by atoms with Crippen LogP contribution < -0.4 is 10.2 Å². The van der Waals surface area contributed by atoms with E-state index in [1.165, 1.54) is 11.0 Å². The van der Waals surface area contributed by atoms with Crippen LogP contribution in [0.4, 0.5) is 27.6 Å². The van der Waals surface area contributed by atoms with E-state index in [4.69, 9.17) is 0 Å². The average Bonchev–Trinajstić information content (AvgIpc) is 3.59. The molecule has 42 heavy (non-hydrogen) atoms. The van der Waals surface area contributed by atoms with Crippen molar-refractivity contribution in [2.75, 3.05) is 4.90 Å². The number of hydrogen-bond acceptors (Lipinski definition) is 5. The number of benzene rings is 2. The highest BCUT2D eigenvalue weighted by atomic mass is 19.4. The number of alkyl halides is 5. The molecule has 1 N–H and O–H groups in total. The van der Waals surface area contributed by atoms with Gasteiger partial charge < -0.3 is 14.8 Å². The lowest BCUT2D eigenvalue weighted by Crippen LogP contribution is -2.43. The molecule has 0 radical (unpaired) electrons. The van der Waals surface area contributed by atoms with Gasteiger partial charge in [0.15, 0.2) is 0 Å². The highest BCUT2D eigenvalue weighted by Crippen LogP contribution is 2.50. The minimum atomic E-state index is -4.70. The van der Waals surface area contributed by atoms with E-state index in [1.807, 2.05) is 23.7 Å². The molecular formula is C30H29F5N6O. The molecule has 7 nitrogen and oxygen atoms in total. The first-order chi connectivity index (χ1) is 19.9. The Balaban J connectivity index is 1.29. The van der Waals surface area contributed by atoms with E-state index in [1.54, 1.807) is 18.5 Å². The van der Waals surface area contributed by atoms with Crippen molar-refractivity contribution in [3.05, 3.63) is 76.4 Å². The third-order valence-corrected chi connectivity index (χ3v) is 8.93. The zero-order valence-electron chi connectivity index (χ0n) is 22.9. The normalized spacial score (nSPS) is 24.9. The molecule has 1 atom stereocenters. The van der Waals surface area contributed by atoms with Crippen LogP contribution in [-0.4, -0.2) is 32.6 Å². The monoisotopic (exact) mass is 584 g/mol. The van der Waals surface area contributed by atoms with E-state index in [2.05, 4.69) is 21.6 Å². The number of amides is 1. The Morgan fingerprint density at radius 1 is 1.17 bits per heavy atom. The fraction of sp³-hybridized carbons (Fsp3) is 0.467. The average molecular weight is 585 g/mol. The van der Waals surface area contributed by atoms with Crippen molar-refractivity contribution in [3.8, 4) is 6.07 Å². The quantitative estimate of drug-likeness (QED) is 0.361. The maximum Gasteiger partial charge on any atom is 0.416 e. The van der Waals surface area contributed by atoms with Gasteiger partial charge in [0.25, 0.3) is 5.91 Å². The second kappa shape index (κ2) is 10.2. The van der Waals surface area contributed by atoms with E-state index in [-0.39, 0.29) is 55.0 Å². The predicted molar refractivity (Wildman–Crippen MR) is 143 cm³/mol. The molecule has 220 valence electrons. The lowest BCUT2D eigenvalue weighted by molar-refractivity contribution is -0.138. The first-order valence-electron chi connectivity index (χ1n) is 13.9. The van der Waals surface area contributed by atoms with Crippen LogP contribution in [0.2, 0.25) is 0 Å². The summed E-state index contributed by atoms with van der Waals surface area (Å²) in [7, 11) is 1.84. The van der Waals surface area contributed by atoms with Crippen molar-refractivity contribution >= 4 is 11.6 Å². The van der Waals surface area contributed by atoms with Gasteiger partial charge in [-0.1, -0.05) is 12.1 Å². The number of anilines is 1. The molecule has 1 aliphatic heterocycles. The lowest BCUT2D eigenvalue weighted by atomic mass is 9.57. The van der Waals surface area contributed by atoms with Gasteiger partial charge in [0.05, 0.1) is 18.2 Å². The van der Waals surface area contributed by atoms with E-state index in [9.17, 15) is 32.0 Å². The van der Waals surface area contributed by atoms with Gasteiger partial charge in [-0.15, -0.1) is 10.2 Å². The number of carbonyl (C=O) groups is 1. The van der Waals surface area contributed by atoms with Crippen LogP contribution >= 0.6 is 0 Å². The van der Waals surface area contributed by atoms with Crippen LogP contribution in [0.25, 0.3) is 0 Å². The van der Waals surface area contributed by atoms with Gasteiger partial charge in [-0.05, 0) is 60.2 Å². The maximum atomic E-state index is 14.2. The molecule has 0 bridgehead atoms. The third-order valence-electron chi connectivity index (χ3n) is 8.93. The number of fused-ring (bicyclic) bond motifs is 1. The molecule has 1 amide bonds. The molecule has 2 saturated carbocycles. The molecule has 3 aliphatic rings. The summed E-state index contributed by atoms with van der Waals surface area (Å²) in [5.74, 6) is -2.71. The number of aromatic nitrogens is 3. The van der Waals surface area contributed by atoms with Gasteiger partial charge in [0.1, 0.15) is 12.2 Å². The van der Waals surface area contributed by atoms with Crippen LogP contribution in [0.15, 0.2) is 42.7 Å². The molecule has 2 aliphatic carbocycles. The van der Waals surface area contributed by atoms with Crippen LogP contribution in [0.1, 0.15) is 70.5 Å². The summed E-state index contributed by atoms with van der Waals surface area (Å²) in [4.78, 5) is 14.9. The summed E-state index contributed by atoms with van der Waals surface area (Å²) < 4.78 is 71.6. The number of aryl methyl sites for hydroxylation is 1. The molecule has 3 aromatic rings. The Bertz CT molecular complexity index is 1570.